The first-order valence-electron chi connectivity index (χ1n) is 11.8. The zero-order valence-electron chi connectivity index (χ0n) is 19.1. The van der Waals surface area contributed by atoms with E-state index in [2.05, 4.69) is 42.4 Å². The van der Waals surface area contributed by atoms with E-state index >= 15 is 0 Å². The number of anilines is 2. The maximum atomic E-state index is 12.4. The Morgan fingerprint density at radius 2 is 1.60 bits per heavy atom. The molecule has 1 amide bonds. The number of piperazine rings is 2. The fourth-order valence-corrected chi connectivity index (χ4v) is 5.08. The molecule has 0 aliphatic carbocycles. The molecule has 0 saturated carbocycles. The van der Waals surface area contributed by atoms with Crippen molar-refractivity contribution in [3.63, 3.8) is 0 Å². The summed E-state index contributed by atoms with van der Waals surface area (Å²) >= 11 is 0. The number of carbonyl (C=O) groups excluding carboxylic acids is 1. The molecule has 4 rings (SSSR count). The summed E-state index contributed by atoms with van der Waals surface area (Å²) in [7, 11) is 0. The molecule has 2 atom stereocenters. The molecule has 3 aliphatic rings. The summed E-state index contributed by atoms with van der Waals surface area (Å²) in [5.74, 6) is 1.76. The molecular weight excluding hydrogens is 376 g/mol. The molecule has 1 aromatic heterocycles. The molecule has 0 aromatic carbocycles. The first kappa shape index (κ1) is 21.3. The number of carbonyl (C=O) groups is 1. The topological polar surface area (TPSA) is 55.8 Å². The monoisotopic (exact) mass is 414 g/mol. The summed E-state index contributed by atoms with van der Waals surface area (Å²) in [4.78, 5) is 31.3. The first-order chi connectivity index (χ1) is 14.4. The van der Waals surface area contributed by atoms with Crippen molar-refractivity contribution in [2.45, 2.75) is 71.5 Å². The Bertz CT molecular complexity index is 699. The molecule has 2 unspecified atom stereocenters. The fraction of sp³-hybridized carbons (Fsp3) is 0.783. The average Bonchev–Trinajstić information content (AvgIpc) is 3.01. The first-order valence-corrected chi connectivity index (χ1v) is 11.8. The molecule has 7 heteroatoms. The van der Waals surface area contributed by atoms with Crippen LogP contribution in [0.4, 0.5) is 11.6 Å². The molecule has 1 aromatic rings. The third kappa shape index (κ3) is 4.56. The second-order valence-corrected chi connectivity index (χ2v) is 9.88. The van der Waals surface area contributed by atoms with Gasteiger partial charge in [0.1, 0.15) is 0 Å². The van der Waals surface area contributed by atoms with Crippen LogP contribution in [-0.2, 0) is 4.79 Å². The Balaban J connectivity index is 1.32. The minimum Gasteiger partial charge on any atom is -0.365 e. The van der Waals surface area contributed by atoms with Crippen LogP contribution in [0, 0.1) is 5.92 Å². The quantitative estimate of drug-likeness (QED) is 0.713. The fourth-order valence-electron chi connectivity index (χ4n) is 5.08. The number of likely N-dealkylation sites (tertiary alicyclic amines) is 1. The van der Waals surface area contributed by atoms with Crippen molar-refractivity contribution >= 4 is 17.5 Å². The SMILES string of the molecule is CC(C)CCC(=O)N1CCN(c2cnc(N3C4CCC3CN(C(C)C)C4)nc2)CC1. The molecule has 30 heavy (non-hydrogen) atoms. The maximum Gasteiger partial charge on any atom is 0.225 e. The van der Waals surface area contributed by atoms with E-state index in [9.17, 15) is 4.79 Å². The molecule has 7 nitrogen and oxygen atoms in total. The van der Waals surface area contributed by atoms with Crippen molar-refractivity contribution < 1.29 is 4.79 Å². The van der Waals surface area contributed by atoms with Gasteiger partial charge in [0.25, 0.3) is 0 Å². The van der Waals surface area contributed by atoms with E-state index in [-0.39, 0.29) is 0 Å². The van der Waals surface area contributed by atoms with Crippen molar-refractivity contribution in [1.82, 2.24) is 19.8 Å². The lowest BCUT2D eigenvalue weighted by molar-refractivity contribution is -0.131. The van der Waals surface area contributed by atoms with Gasteiger partial charge in [-0.3, -0.25) is 9.69 Å². The third-order valence-electron chi connectivity index (χ3n) is 7.03. The number of hydrogen-bond acceptors (Lipinski definition) is 6. The van der Waals surface area contributed by atoms with Gasteiger partial charge in [-0.1, -0.05) is 13.8 Å². The Morgan fingerprint density at radius 3 is 2.13 bits per heavy atom. The zero-order chi connectivity index (χ0) is 21.3. The summed E-state index contributed by atoms with van der Waals surface area (Å²) in [6.45, 7) is 14.5. The van der Waals surface area contributed by atoms with Gasteiger partial charge in [0.05, 0.1) is 18.1 Å². The minimum absolute atomic E-state index is 0.297. The van der Waals surface area contributed by atoms with Crippen molar-refractivity contribution in [3.8, 4) is 0 Å². The lowest BCUT2D eigenvalue weighted by atomic mass is 10.1. The van der Waals surface area contributed by atoms with Gasteiger partial charge in [-0.25, -0.2) is 9.97 Å². The van der Waals surface area contributed by atoms with E-state index < -0.39 is 0 Å². The number of rotatable bonds is 6. The lowest BCUT2D eigenvalue weighted by Crippen LogP contribution is -2.56. The van der Waals surface area contributed by atoms with E-state index in [1.54, 1.807) is 0 Å². The predicted molar refractivity (Wildman–Crippen MR) is 121 cm³/mol. The van der Waals surface area contributed by atoms with Gasteiger partial charge in [0.2, 0.25) is 11.9 Å². The van der Waals surface area contributed by atoms with Crippen LogP contribution in [0.3, 0.4) is 0 Å². The highest BCUT2D eigenvalue weighted by molar-refractivity contribution is 5.76. The maximum absolute atomic E-state index is 12.4. The molecule has 166 valence electrons. The van der Waals surface area contributed by atoms with Crippen LogP contribution in [0.2, 0.25) is 0 Å². The van der Waals surface area contributed by atoms with Gasteiger partial charge >= 0.3 is 0 Å². The number of amides is 1. The zero-order valence-corrected chi connectivity index (χ0v) is 19.1. The highest BCUT2D eigenvalue weighted by Gasteiger charge is 2.41. The van der Waals surface area contributed by atoms with Gasteiger partial charge in [-0.05, 0) is 39.0 Å². The van der Waals surface area contributed by atoms with Gasteiger partial charge in [0.15, 0.2) is 0 Å². The number of nitrogens with zero attached hydrogens (tertiary/aromatic N) is 6. The summed E-state index contributed by atoms with van der Waals surface area (Å²) in [5.41, 5.74) is 1.07. The summed E-state index contributed by atoms with van der Waals surface area (Å²) in [6, 6.07) is 1.68. The average molecular weight is 415 g/mol. The molecule has 0 radical (unpaired) electrons. The van der Waals surface area contributed by atoms with Gasteiger partial charge in [0, 0.05) is 63.8 Å². The molecular formula is C23H38N6O. The Kier molecular flexibility index (Phi) is 6.46. The molecule has 3 saturated heterocycles. The third-order valence-corrected chi connectivity index (χ3v) is 7.03. The Morgan fingerprint density at radius 1 is 1.00 bits per heavy atom. The normalized spacial score (nSPS) is 24.9. The second kappa shape index (κ2) is 9.08. The van der Waals surface area contributed by atoms with Crippen molar-refractivity contribution in [3.05, 3.63) is 12.4 Å². The van der Waals surface area contributed by atoms with Crippen LogP contribution in [-0.4, -0.2) is 83.1 Å². The van der Waals surface area contributed by atoms with Crippen molar-refractivity contribution in [1.29, 1.82) is 0 Å². The standard InChI is InChI=1S/C23H38N6O/c1-17(2)5-8-22(30)27-11-9-26(10-12-27)21-13-24-23(25-14-21)29-19-6-7-20(29)16-28(15-19)18(3)4/h13-14,17-20H,5-12,15-16H2,1-4H3. The lowest BCUT2D eigenvalue weighted by Gasteiger charge is -2.43. The largest absolute Gasteiger partial charge is 0.365 e. The van der Waals surface area contributed by atoms with E-state index in [1.165, 1.54) is 12.8 Å². The van der Waals surface area contributed by atoms with Gasteiger partial charge in [-0.15, -0.1) is 0 Å². The molecule has 0 N–H and O–H groups in total. The van der Waals surface area contributed by atoms with E-state index in [0.717, 1.165) is 57.3 Å². The van der Waals surface area contributed by atoms with Crippen LogP contribution >= 0.6 is 0 Å². The highest BCUT2D eigenvalue weighted by atomic mass is 16.2. The molecule has 2 bridgehead atoms. The van der Waals surface area contributed by atoms with E-state index in [0.29, 0.717) is 36.4 Å². The van der Waals surface area contributed by atoms with Crippen LogP contribution in [0.1, 0.15) is 53.4 Å². The van der Waals surface area contributed by atoms with Crippen LogP contribution in [0.15, 0.2) is 12.4 Å². The van der Waals surface area contributed by atoms with Gasteiger partial charge < -0.3 is 14.7 Å². The second-order valence-electron chi connectivity index (χ2n) is 9.88. The predicted octanol–water partition coefficient (Wildman–Crippen LogP) is 2.62. The minimum atomic E-state index is 0.297. The number of hydrogen-bond donors (Lipinski definition) is 0. The molecule has 3 fully saturated rings. The van der Waals surface area contributed by atoms with E-state index in [4.69, 9.17) is 9.97 Å². The number of aromatic nitrogens is 2. The van der Waals surface area contributed by atoms with Crippen LogP contribution < -0.4 is 9.80 Å². The van der Waals surface area contributed by atoms with E-state index in [1.807, 2.05) is 17.3 Å². The highest BCUT2D eigenvalue weighted by Crippen LogP contribution is 2.34. The van der Waals surface area contributed by atoms with Gasteiger partial charge in [-0.2, -0.15) is 0 Å². The summed E-state index contributed by atoms with van der Waals surface area (Å²) < 4.78 is 0. The smallest absolute Gasteiger partial charge is 0.225 e. The van der Waals surface area contributed by atoms with Crippen LogP contribution in [0.25, 0.3) is 0 Å². The summed E-state index contributed by atoms with van der Waals surface area (Å²) in [5, 5.41) is 0. The Hall–Kier alpha value is -1.89. The van der Waals surface area contributed by atoms with Crippen molar-refractivity contribution in [2.24, 2.45) is 5.92 Å². The summed E-state index contributed by atoms with van der Waals surface area (Å²) in [6.07, 6.45) is 8.08. The van der Waals surface area contributed by atoms with Crippen molar-refractivity contribution in [2.75, 3.05) is 49.1 Å². The van der Waals surface area contributed by atoms with Crippen LogP contribution in [0.5, 0.6) is 0 Å². The molecule has 0 spiro atoms. The Labute approximate surface area is 181 Å². The number of fused-ring (bicyclic) bond motifs is 2. The molecule has 3 aliphatic heterocycles. The molecule has 4 heterocycles.